The molecule has 1 saturated heterocycles. The fraction of sp³-hybridized carbons (Fsp3) is 0.462. The normalized spacial score (nSPS) is 18.2. The third-order valence-corrected chi connectivity index (χ3v) is 3.67. The van der Waals surface area contributed by atoms with Crippen LogP contribution < -0.4 is 4.90 Å². The Morgan fingerprint density at radius 3 is 3.00 bits per heavy atom. The molecule has 1 unspecified atom stereocenters. The monoisotopic (exact) mass is 322 g/mol. The predicted molar refractivity (Wildman–Crippen MR) is 75.7 cm³/mol. The van der Waals surface area contributed by atoms with E-state index in [0.717, 1.165) is 17.4 Å². The first-order valence-corrected chi connectivity index (χ1v) is 6.84. The molecule has 1 fully saturated rings. The first-order valence-electron chi connectivity index (χ1n) is 6.04. The number of carbonyl (C=O) groups is 1. The largest absolute Gasteiger partial charge is 0.355 e. The standard InChI is InChI=1S/C13H15BrN4O/c1-17(2)13(19)9-3-4-18(8-9)12-10(6-15)5-11(14)7-16-12/h5,7,9H,3-4,8H2,1-2H3. The average Bonchev–Trinajstić information content (AvgIpc) is 2.86. The lowest BCUT2D eigenvalue weighted by atomic mass is 10.1. The van der Waals surface area contributed by atoms with Crippen molar-refractivity contribution >= 4 is 27.7 Å². The SMILES string of the molecule is CN(C)C(=O)C1CCN(c2ncc(Br)cc2C#N)C1. The molecule has 2 heterocycles. The van der Waals surface area contributed by atoms with Gasteiger partial charge in [-0.25, -0.2) is 4.98 Å². The van der Waals surface area contributed by atoms with E-state index in [4.69, 9.17) is 5.26 Å². The van der Waals surface area contributed by atoms with Gasteiger partial charge in [-0.2, -0.15) is 5.26 Å². The molecule has 0 aromatic carbocycles. The summed E-state index contributed by atoms with van der Waals surface area (Å²) in [5, 5.41) is 9.15. The van der Waals surface area contributed by atoms with Gasteiger partial charge in [0.1, 0.15) is 11.9 Å². The van der Waals surface area contributed by atoms with Gasteiger partial charge in [-0.15, -0.1) is 0 Å². The van der Waals surface area contributed by atoms with Crippen molar-refractivity contribution in [2.45, 2.75) is 6.42 Å². The lowest BCUT2D eigenvalue weighted by molar-refractivity contribution is -0.132. The summed E-state index contributed by atoms with van der Waals surface area (Å²) in [4.78, 5) is 19.9. The van der Waals surface area contributed by atoms with Crippen molar-refractivity contribution in [2.75, 3.05) is 32.1 Å². The van der Waals surface area contributed by atoms with Gasteiger partial charge < -0.3 is 9.80 Å². The molecule has 1 aliphatic heterocycles. The number of hydrogen-bond acceptors (Lipinski definition) is 4. The number of amides is 1. The Labute approximate surface area is 121 Å². The van der Waals surface area contributed by atoms with Crippen LogP contribution in [0.25, 0.3) is 0 Å². The number of nitrogens with zero attached hydrogens (tertiary/aromatic N) is 4. The second-order valence-corrected chi connectivity index (χ2v) is 5.72. The third-order valence-electron chi connectivity index (χ3n) is 3.23. The van der Waals surface area contributed by atoms with Gasteiger partial charge in [0.15, 0.2) is 0 Å². The molecular weight excluding hydrogens is 308 g/mol. The second kappa shape index (κ2) is 5.57. The highest BCUT2D eigenvalue weighted by molar-refractivity contribution is 9.10. The number of carbonyl (C=O) groups excluding carboxylic acids is 1. The topological polar surface area (TPSA) is 60.2 Å². The highest BCUT2D eigenvalue weighted by Gasteiger charge is 2.31. The fourth-order valence-electron chi connectivity index (χ4n) is 2.29. The third kappa shape index (κ3) is 2.87. The number of hydrogen-bond donors (Lipinski definition) is 0. The zero-order valence-electron chi connectivity index (χ0n) is 10.9. The molecule has 100 valence electrons. The molecule has 1 aromatic rings. The molecule has 19 heavy (non-hydrogen) atoms. The Kier molecular flexibility index (Phi) is 4.05. The molecule has 1 aromatic heterocycles. The van der Waals surface area contributed by atoms with Gasteiger partial charge >= 0.3 is 0 Å². The Morgan fingerprint density at radius 2 is 2.37 bits per heavy atom. The van der Waals surface area contributed by atoms with Crippen LogP contribution in [0.5, 0.6) is 0 Å². The summed E-state index contributed by atoms with van der Waals surface area (Å²) in [6.07, 6.45) is 2.48. The van der Waals surface area contributed by atoms with E-state index in [1.54, 1.807) is 31.3 Å². The van der Waals surface area contributed by atoms with Gasteiger partial charge in [0.05, 0.1) is 11.5 Å². The minimum absolute atomic E-state index is 0.00742. The Bertz CT molecular complexity index is 538. The van der Waals surface area contributed by atoms with Crippen LogP contribution in [0.2, 0.25) is 0 Å². The van der Waals surface area contributed by atoms with Crippen molar-refractivity contribution in [1.29, 1.82) is 5.26 Å². The molecule has 1 atom stereocenters. The van der Waals surface area contributed by atoms with Crippen molar-refractivity contribution in [1.82, 2.24) is 9.88 Å². The van der Waals surface area contributed by atoms with Crippen LogP contribution in [-0.4, -0.2) is 43.0 Å². The molecule has 0 saturated carbocycles. The van der Waals surface area contributed by atoms with Crippen LogP contribution >= 0.6 is 15.9 Å². The van der Waals surface area contributed by atoms with Gasteiger partial charge in [-0.1, -0.05) is 0 Å². The van der Waals surface area contributed by atoms with E-state index in [9.17, 15) is 4.79 Å². The van der Waals surface area contributed by atoms with Crippen molar-refractivity contribution in [3.63, 3.8) is 0 Å². The molecule has 5 nitrogen and oxygen atoms in total. The van der Waals surface area contributed by atoms with Crippen LogP contribution in [0.1, 0.15) is 12.0 Å². The van der Waals surface area contributed by atoms with Gasteiger partial charge in [0.2, 0.25) is 5.91 Å². The molecule has 2 rings (SSSR count). The van der Waals surface area contributed by atoms with Gasteiger partial charge in [0, 0.05) is 37.9 Å². The molecule has 0 radical (unpaired) electrons. The van der Waals surface area contributed by atoms with E-state index in [-0.39, 0.29) is 11.8 Å². The van der Waals surface area contributed by atoms with Gasteiger partial charge in [0.25, 0.3) is 0 Å². The quantitative estimate of drug-likeness (QED) is 0.830. The highest BCUT2D eigenvalue weighted by atomic mass is 79.9. The summed E-state index contributed by atoms with van der Waals surface area (Å²) < 4.78 is 0.785. The lowest BCUT2D eigenvalue weighted by Gasteiger charge is -2.19. The van der Waals surface area contributed by atoms with E-state index in [2.05, 4.69) is 27.0 Å². The predicted octanol–water partition coefficient (Wildman–Crippen LogP) is 1.63. The fourth-order valence-corrected chi connectivity index (χ4v) is 2.62. The Hall–Kier alpha value is -1.61. The lowest BCUT2D eigenvalue weighted by Crippen LogP contribution is -2.32. The number of nitriles is 1. The summed E-state index contributed by atoms with van der Waals surface area (Å²) in [6, 6.07) is 3.90. The van der Waals surface area contributed by atoms with E-state index in [1.807, 2.05) is 4.90 Å². The maximum absolute atomic E-state index is 11.9. The van der Waals surface area contributed by atoms with Gasteiger partial charge in [-0.3, -0.25) is 4.79 Å². The number of halogens is 1. The van der Waals surface area contributed by atoms with E-state index in [1.165, 1.54) is 0 Å². The molecular formula is C13H15BrN4O. The molecule has 0 aliphatic carbocycles. The molecule has 1 aliphatic rings. The van der Waals surface area contributed by atoms with Crippen LogP contribution in [0, 0.1) is 17.2 Å². The molecule has 6 heteroatoms. The average molecular weight is 323 g/mol. The van der Waals surface area contributed by atoms with Crippen molar-refractivity contribution in [2.24, 2.45) is 5.92 Å². The maximum Gasteiger partial charge on any atom is 0.227 e. The molecule has 0 spiro atoms. The van der Waals surface area contributed by atoms with Crippen molar-refractivity contribution < 1.29 is 4.79 Å². The number of pyridine rings is 1. The first-order chi connectivity index (χ1) is 9.02. The summed E-state index contributed by atoms with van der Waals surface area (Å²) in [6.45, 7) is 1.38. The van der Waals surface area contributed by atoms with Crippen molar-refractivity contribution in [3.05, 3.63) is 22.3 Å². The van der Waals surface area contributed by atoms with Crippen molar-refractivity contribution in [3.8, 4) is 6.07 Å². The second-order valence-electron chi connectivity index (χ2n) is 4.80. The number of rotatable bonds is 2. The highest BCUT2D eigenvalue weighted by Crippen LogP contribution is 2.27. The summed E-state index contributed by atoms with van der Waals surface area (Å²) in [5.41, 5.74) is 0.535. The van der Waals surface area contributed by atoms with Gasteiger partial charge in [-0.05, 0) is 28.4 Å². The van der Waals surface area contributed by atoms with Crippen LogP contribution in [0.4, 0.5) is 5.82 Å². The molecule has 0 bridgehead atoms. The van der Waals surface area contributed by atoms with Crippen LogP contribution in [0.3, 0.4) is 0 Å². The zero-order chi connectivity index (χ0) is 14.0. The number of anilines is 1. The maximum atomic E-state index is 11.9. The first kappa shape index (κ1) is 13.8. The van der Waals surface area contributed by atoms with E-state index < -0.39 is 0 Å². The minimum Gasteiger partial charge on any atom is -0.355 e. The smallest absolute Gasteiger partial charge is 0.227 e. The van der Waals surface area contributed by atoms with Crippen LogP contribution in [0.15, 0.2) is 16.7 Å². The zero-order valence-corrected chi connectivity index (χ0v) is 12.5. The van der Waals surface area contributed by atoms with E-state index in [0.29, 0.717) is 17.9 Å². The Morgan fingerprint density at radius 1 is 1.63 bits per heavy atom. The summed E-state index contributed by atoms with van der Waals surface area (Å²) in [7, 11) is 3.53. The Balaban J connectivity index is 2.18. The van der Waals surface area contributed by atoms with E-state index >= 15 is 0 Å². The molecule has 0 N–H and O–H groups in total. The summed E-state index contributed by atoms with van der Waals surface area (Å²) >= 11 is 3.31. The molecule has 1 amide bonds. The summed E-state index contributed by atoms with van der Waals surface area (Å²) in [5.74, 6) is 0.796. The van der Waals surface area contributed by atoms with Crippen LogP contribution in [-0.2, 0) is 4.79 Å². The number of aromatic nitrogens is 1. The minimum atomic E-state index is -0.00742.